The second-order valence-corrected chi connectivity index (χ2v) is 4.17. The SMILES string of the molecule is COc1ccc(N=CC=NNc2ccc([N+](=O)[O-])cc2)cc1. The first-order chi connectivity index (χ1) is 10.7. The summed E-state index contributed by atoms with van der Waals surface area (Å²) in [5.41, 5.74) is 4.22. The minimum Gasteiger partial charge on any atom is -0.497 e. The predicted molar refractivity (Wildman–Crippen MR) is 86.4 cm³/mol. The Kier molecular flexibility index (Phi) is 5.20. The van der Waals surface area contributed by atoms with Crippen LogP contribution in [0.15, 0.2) is 58.6 Å². The van der Waals surface area contributed by atoms with Crippen molar-refractivity contribution in [2.24, 2.45) is 10.1 Å². The monoisotopic (exact) mass is 298 g/mol. The Balaban J connectivity index is 1.86. The third kappa shape index (κ3) is 4.41. The quantitative estimate of drug-likeness (QED) is 0.503. The number of nitrogens with one attached hydrogen (secondary N) is 1. The minimum absolute atomic E-state index is 0.0376. The van der Waals surface area contributed by atoms with E-state index in [2.05, 4.69) is 15.5 Å². The number of hydrogen-bond acceptors (Lipinski definition) is 6. The molecule has 0 aliphatic heterocycles. The standard InChI is InChI=1S/C15H14N4O3/c1-22-15-8-4-12(5-9-15)16-10-11-17-18-13-2-6-14(7-3-13)19(20)21/h2-11,18H,1H3. The van der Waals surface area contributed by atoms with Crippen LogP contribution in [0, 0.1) is 10.1 Å². The summed E-state index contributed by atoms with van der Waals surface area (Å²) in [4.78, 5) is 14.3. The summed E-state index contributed by atoms with van der Waals surface area (Å²) in [5.74, 6) is 0.771. The fourth-order valence-corrected chi connectivity index (χ4v) is 1.59. The highest BCUT2D eigenvalue weighted by Crippen LogP contribution is 2.17. The van der Waals surface area contributed by atoms with Crippen LogP contribution >= 0.6 is 0 Å². The lowest BCUT2D eigenvalue weighted by Gasteiger charge is -1.98. The largest absolute Gasteiger partial charge is 0.497 e. The fourth-order valence-electron chi connectivity index (χ4n) is 1.59. The Bertz CT molecular complexity index is 679. The summed E-state index contributed by atoms with van der Waals surface area (Å²) in [6, 6.07) is 13.3. The molecule has 7 heteroatoms. The van der Waals surface area contributed by atoms with Crippen LogP contribution < -0.4 is 10.2 Å². The maximum absolute atomic E-state index is 10.5. The van der Waals surface area contributed by atoms with Gasteiger partial charge in [-0.15, -0.1) is 0 Å². The van der Waals surface area contributed by atoms with Gasteiger partial charge >= 0.3 is 0 Å². The average molecular weight is 298 g/mol. The van der Waals surface area contributed by atoms with E-state index >= 15 is 0 Å². The number of non-ortho nitro benzene ring substituents is 1. The second kappa shape index (κ2) is 7.53. The first-order valence-electron chi connectivity index (χ1n) is 6.39. The molecule has 0 unspecified atom stereocenters. The van der Waals surface area contributed by atoms with E-state index in [1.54, 1.807) is 25.5 Å². The van der Waals surface area contributed by atoms with Gasteiger partial charge in [-0.1, -0.05) is 0 Å². The molecular formula is C15H14N4O3. The molecule has 2 aromatic carbocycles. The Labute approximate surface area is 127 Å². The zero-order chi connectivity index (χ0) is 15.8. The molecule has 0 atom stereocenters. The van der Waals surface area contributed by atoms with Crippen LogP contribution in [0.5, 0.6) is 5.75 Å². The summed E-state index contributed by atoms with van der Waals surface area (Å²) in [5, 5.41) is 14.5. The van der Waals surface area contributed by atoms with Crippen molar-refractivity contribution < 1.29 is 9.66 Å². The lowest BCUT2D eigenvalue weighted by molar-refractivity contribution is -0.384. The lowest BCUT2D eigenvalue weighted by Crippen LogP contribution is -1.91. The number of nitro groups is 1. The van der Waals surface area contributed by atoms with E-state index in [-0.39, 0.29) is 5.69 Å². The van der Waals surface area contributed by atoms with Crippen LogP contribution in [-0.4, -0.2) is 24.5 Å². The average Bonchev–Trinajstić information content (AvgIpc) is 2.55. The van der Waals surface area contributed by atoms with E-state index < -0.39 is 4.92 Å². The smallest absolute Gasteiger partial charge is 0.269 e. The predicted octanol–water partition coefficient (Wildman–Crippen LogP) is 3.40. The van der Waals surface area contributed by atoms with E-state index in [0.29, 0.717) is 5.69 Å². The van der Waals surface area contributed by atoms with Gasteiger partial charge in [0.25, 0.3) is 5.69 Å². The number of hydrogen-bond donors (Lipinski definition) is 1. The van der Waals surface area contributed by atoms with E-state index in [1.165, 1.54) is 18.3 Å². The van der Waals surface area contributed by atoms with E-state index in [1.807, 2.05) is 24.3 Å². The zero-order valence-electron chi connectivity index (χ0n) is 11.8. The maximum Gasteiger partial charge on any atom is 0.269 e. The van der Waals surface area contributed by atoms with Crippen LogP contribution in [0.4, 0.5) is 17.1 Å². The van der Waals surface area contributed by atoms with Crippen LogP contribution in [0.3, 0.4) is 0 Å². The fraction of sp³-hybridized carbons (Fsp3) is 0.0667. The molecule has 0 aliphatic rings. The lowest BCUT2D eigenvalue weighted by atomic mass is 10.3. The minimum atomic E-state index is -0.450. The van der Waals surface area contributed by atoms with Gasteiger partial charge in [-0.25, -0.2) is 0 Å². The molecule has 0 radical (unpaired) electrons. The summed E-state index contributed by atoms with van der Waals surface area (Å²) in [6.45, 7) is 0. The van der Waals surface area contributed by atoms with Crippen molar-refractivity contribution in [2.75, 3.05) is 12.5 Å². The van der Waals surface area contributed by atoms with Crippen LogP contribution in [0.25, 0.3) is 0 Å². The van der Waals surface area contributed by atoms with Gasteiger partial charge in [-0.05, 0) is 36.4 Å². The van der Waals surface area contributed by atoms with Crippen LogP contribution in [0.1, 0.15) is 0 Å². The topological polar surface area (TPSA) is 89.1 Å². The van der Waals surface area contributed by atoms with Gasteiger partial charge in [0.05, 0.1) is 29.6 Å². The van der Waals surface area contributed by atoms with Gasteiger partial charge < -0.3 is 4.74 Å². The van der Waals surface area contributed by atoms with Gasteiger partial charge in [0.2, 0.25) is 0 Å². The maximum atomic E-state index is 10.5. The van der Waals surface area contributed by atoms with Crippen LogP contribution in [0.2, 0.25) is 0 Å². The number of anilines is 1. The molecule has 0 amide bonds. The zero-order valence-corrected chi connectivity index (χ0v) is 11.8. The molecule has 0 spiro atoms. The van der Waals surface area contributed by atoms with Crippen molar-refractivity contribution in [3.05, 3.63) is 58.6 Å². The van der Waals surface area contributed by atoms with E-state index in [4.69, 9.17) is 4.74 Å². The summed E-state index contributed by atoms with van der Waals surface area (Å²) in [7, 11) is 1.61. The second-order valence-electron chi connectivity index (χ2n) is 4.17. The molecule has 112 valence electrons. The van der Waals surface area contributed by atoms with Crippen molar-refractivity contribution in [3.63, 3.8) is 0 Å². The first kappa shape index (κ1) is 15.2. The number of rotatable bonds is 6. The molecule has 22 heavy (non-hydrogen) atoms. The number of nitro benzene ring substituents is 1. The summed E-state index contributed by atoms with van der Waals surface area (Å²) in [6.07, 6.45) is 3.03. The molecule has 0 bridgehead atoms. The number of aliphatic imine (C=N–C) groups is 1. The van der Waals surface area contributed by atoms with Crippen LogP contribution in [-0.2, 0) is 0 Å². The van der Waals surface area contributed by atoms with Gasteiger partial charge in [0.15, 0.2) is 0 Å². The Morgan fingerprint density at radius 3 is 2.36 bits per heavy atom. The third-order valence-electron chi connectivity index (χ3n) is 2.71. The Morgan fingerprint density at radius 1 is 1.09 bits per heavy atom. The molecule has 1 N–H and O–H groups in total. The highest BCUT2D eigenvalue weighted by molar-refractivity contribution is 6.16. The first-order valence-corrected chi connectivity index (χ1v) is 6.39. The third-order valence-corrected chi connectivity index (χ3v) is 2.71. The van der Waals surface area contributed by atoms with Crippen molar-refractivity contribution >= 4 is 29.5 Å². The molecule has 0 fully saturated rings. The summed E-state index contributed by atoms with van der Waals surface area (Å²) < 4.78 is 5.05. The van der Waals surface area contributed by atoms with Gasteiger partial charge in [0, 0.05) is 18.3 Å². The molecule has 0 aliphatic carbocycles. The molecule has 7 nitrogen and oxygen atoms in total. The molecular weight excluding hydrogens is 284 g/mol. The molecule has 0 saturated carbocycles. The number of benzene rings is 2. The molecule has 0 saturated heterocycles. The highest BCUT2D eigenvalue weighted by Gasteiger charge is 2.02. The normalized spacial score (nSPS) is 11.0. The Hall–Kier alpha value is -3.22. The van der Waals surface area contributed by atoms with E-state index in [0.717, 1.165) is 11.4 Å². The van der Waals surface area contributed by atoms with Gasteiger partial charge in [0.1, 0.15) is 5.75 Å². The molecule has 0 heterocycles. The molecule has 0 aromatic heterocycles. The van der Waals surface area contributed by atoms with Gasteiger partial charge in [-0.2, -0.15) is 5.10 Å². The highest BCUT2D eigenvalue weighted by atomic mass is 16.6. The number of ether oxygens (including phenoxy) is 1. The molecule has 2 aromatic rings. The number of methoxy groups -OCH3 is 1. The molecule has 2 rings (SSSR count). The Morgan fingerprint density at radius 2 is 1.77 bits per heavy atom. The van der Waals surface area contributed by atoms with Crippen molar-refractivity contribution in [2.45, 2.75) is 0 Å². The van der Waals surface area contributed by atoms with Gasteiger partial charge in [-0.3, -0.25) is 20.5 Å². The van der Waals surface area contributed by atoms with Crippen molar-refractivity contribution in [1.82, 2.24) is 0 Å². The van der Waals surface area contributed by atoms with Crippen molar-refractivity contribution in [1.29, 1.82) is 0 Å². The summed E-state index contributed by atoms with van der Waals surface area (Å²) >= 11 is 0. The van der Waals surface area contributed by atoms with E-state index in [9.17, 15) is 10.1 Å². The van der Waals surface area contributed by atoms with Crippen molar-refractivity contribution in [3.8, 4) is 5.75 Å². The number of hydrazone groups is 1. The number of nitrogens with zero attached hydrogens (tertiary/aromatic N) is 3.